The third kappa shape index (κ3) is 13.5. The van der Waals surface area contributed by atoms with Crippen molar-refractivity contribution in [2.75, 3.05) is 0 Å². The van der Waals surface area contributed by atoms with Gasteiger partial charge in [0.2, 0.25) is 0 Å². The van der Waals surface area contributed by atoms with E-state index < -0.39 is 0 Å². The molecule has 0 saturated carbocycles. The molecule has 1 unspecified atom stereocenters. The summed E-state index contributed by atoms with van der Waals surface area (Å²) in [5.74, 6) is 1.70. The van der Waals surface area contributed by atoms with E-state index in [1.54, 1.807) is 0 Å². The van der Waals surface area contributed by atoms with E-state index in [-0.39, 0.29) is 31.9 Å². The molecule has 0 aliphatic rings. The molecule has 0 heterocycles. The van der Waals surface area contributed by atoms with Crippen molar-refractivity contribution >= 4 is 12.4 Å². The summed E-state index contributed by atoms with van der Waals surface area (Å²) in [6.45, 7) is 10.7. The molecule has 0 aromatic heterocycles. The minimum atomic E-state index is 0. The maximum atomic E-state index is 3.88. The van der Waals surface area contributed by atoms with Gasteiger partial charge in [0.25, 0.3) is 0 Å². The van der Waals surface area contributed by atoms with Crippen molar-refractivity contribution < 1.29 is 19.5 Å². The van der Waals surface area contributed by atoms with E-state index in [2.05, 4.69) is 27.7 Å². The molecule has 0 fully saturated rings. The standard InChI is InChI=1S/C10H21.ClH.Zn/c1-5-10(4)8-6-7-9(2)3;;/h9-10H,1,5-8H2,2-4H3;1H;/q-1;;. The smallest absolute Gasteiger partial charge is 0 e. The van der Waals surface area contributed by atoms with Crippen molar-refractivity contribution in [1.82, 2.24) is 0 Å². The maximum absolute atomic E-state index is 3.88. The molecule has 72 valence electrons. The van der Waals surface area contributed by atoms with Crippen LogP contribution in [0.2, 0.25) is 0 Å². The van der Waals surface area contributed by atoms with E-state index in [1.807, 2.05) is 0 Å². The molecular weight excluding hydrogens is 221 g/mol. The molecule has 0 radical (unpaired) electrons. The van der Waals surface area contributed by atoms with Crippen molar-refractivity contribution in [1.29, 1.82) is 0 Å². The molecule has 0 aromatic carbocycles. The predicted octanol–water partition coefficient (Wildman–Crippen LogP) is 4.09. The third-order valence-electron chi connectivity index (χ3n) is 1.97. The zero-order valence-corrected chi connectivity index (χ0v) is 12.6. The summed E-state index contributed by atoms with van der Waals surface area (Å²) >= 11 is 0. The van der Waals surface area contributed by atoms with Crippen LogP contribution in [0.25, 0.3) is 0 Å². The van der Waals surface area contributed by atoms with Crippen LogP contribution in [0.3, 0.4) is 0 Å². The van der Waals surface area contributed by atoms with E-state index >= 15 is 0 Å². The van der Waals surface area contributed by atoms with Crippen LogP contribution in [-0.2, 0) is 19.5 Å². The second-order valence-corrected chi connectivity index (χ2v) is 3.72. The molecule has 0 nitrogen and oxygen atoms in total. The molecule has 0 aromatic rings. The molecule has 0 rings (SSSR count). The monoisotopic (exact) mass is 241 g/mol. The van der Waals surface area contributed by atoms with Crippen molar-refractivity contribution in [3.63, 3.8) is 0 Å². The topological polar surface area (TPSA) is 0 Å². The number of hydrogen-bond donors (Lipinski definition) is 0. The van der Waals surface area contributed by atoms with Crippen LogP contribution in [0.4, 0.5) is 0 Å². The number of halogens is 1. The van der Waals surface area contributed by atoms with E-state index in [4.69, 9.17) is 0 Å². The minimum absolute atomic E-state index is 0. The first-order chi connectivity index (χ1) is 4.66. The first-order valence-electron chi connectivity index (χ1n) is 4.46. The van der Waals surface area contributed by atoms with Crippen molar-refractivity contribution in [3.8, 4) is 0 Å². The third-order valence-corrected chi connectivity index (χ3v) is 1.97. The van der Waals surface area contributed by atoms with Crippen LogP contribution in [0, 0.1) is 18.8 Å². The average Bonchev–Trinajstić information content (AvgIpc) is 1.87. The molecule has 1 atom stereocenters. The van der Waals surface area contributed by atoms with Gasteiger partial charge in [-0.25, -0.2) is 0 Å². The van der Waals surface area contributed by atoms with Crippen molar-refractivity contribution in [2.24, 2.45) is 11.8 Å². The molecule has 0 bridgehead atoms. The van der Waals surface area contributed by atoms with E-state index in [0.29, 0.717) is 0 Å². The molecule has 2 heteroatoms. The summed E-state index contributed by atoms with van der Waals surface area (Å²) in [6, 6.07) is 0. The van der Waals surface area contributed by atoms with Gasteiger partial charge in [-0.05, 0) is 5.92 Å². The zero-order chi connectivity index (χ0) is 7.98. The molecule has 0 saturated heterocycles. The molecule has 0 spiro atoms. The summed E-state index contributed by atoms with van der Waals surface area (Å²) < 4.78 is 0. The second-order valence-electron chi connectivity index (χ2n) is 3.72. The SMILES string of the molecule is Cl.[CH2-]CC(C)CCCC(C)C.[Zn]. The van der Waals surface area contributed by atoms with E-state index in [9.17, 15) is 0 Å². The predicted molar refractivity (Wildman–Crippen MR) is 55.1 cm³/mol. The normalized spacial score (nSPS) is 11.8. The first kappa shape index (κ1) is 18.6. The van der Waals surface area contributed by atoms with E-state index in [0.717, 1.165) is 18.3 Å². The van der Waals surface area contributed by atoms with Gasteiger partial charge in [-0.15, -0.1) is 12.4 Å². The molecule has 0 aliphatic carbocycles. The Hall–Kier alpha value is 0.913. The Morgan fingerprint density at radius 3 is 1.92 bits per heavy atom. The summed E-state index contributed by atoms with van der Waals surface area (Å²) in [7, 11) is 0. The summed E-state index contributed by atoms with van der Waals surface area (Å²) in [5, 5.41) is 0. The fourth-order valence-electron chi connectivity index (χ4n) is 1.02. The zero-order valence-electron chi connectivity index (χ0n) is 8.81. The Morgan fingerprint density at radius 2 is 1.58 bits per heavy atom. The summed E-state index contributed by atoms with van der Waals surface area (Å²) in [4.78, 5) is 0. The van der Waals surface area contributed by atoms with Gasteiger partial charge in [0.1, 0.15) is 0 Å². The Labute approximate surface area is 97.1 Å². The second kappa shape index (κ2) is 11.9. The van der Waals surface area contributed by atoms with Crippen LogP contribution >= 0.6 is 12.4 Å². The van der Waals surface area contributed by atoms with Crippen LogP contribution in [0.15, 0.2) is 0 Å². The van der Waals surface area contributed by atoms with Gasteiger partial charge >= 0.3 is 0 Å². The van der Waals surface area contributed by atoms with E-state index in [1.165, 1.54) is 19.3 Å². The Morgan fingerprint density at radius 1 is 1.08 bits per heavy atom. The molecular formula is C10H22ClZn-. The Bertz CT molecular complexity index is 74.2. The van der Waals surface area contributed by atoms with Crippen LogP contribution in [0.5, 0.6) is 0 Å². The Balaban J connectivity index is -0.000000405. The van der Waals surface area contributed by atoms with Crippen LogP contribution in [-0.4, -0.2) is 0 Å². The van der Waals surface area contributed by atoms with Gasteiger partial charge < -0.3 is 6.92 Å². The van der Waals surface area contributed by atoms with Crippen LogP contribution < -0.4 is 0 Å². The van der Waals surface area contributed by atoms with Crippen molar-refractivity contribution in [2.45, 2.75) is 46.5 Å². The van der Waals surface area contributed by atoms with Gasteiger partial charge in [-0.2, -0.15) is 6.42 Å². The molecule has 0 N–H and O–H groups in total. The van der Waals surface area contributed by atoms with Gasteiger partial charge in [0, 0.05) is 19.5 Å². The fourth-order valence-corrected chi connectivity index (χ4v) is 1.02. The first-order valence-corrected chi connectivity index (χ1v) is 4.46. The average molecular weight is 243 g/mol. The molecule has 0 amide bonds. The fraction of sp³-hybridized carbons (Fsp3) is 0.900. The van der Waals surface area contributed by atoms with Gasteiger partial charge in [0.15, 0.2) is 0 Å². The minimum Gasteiger partial charge on any atom is -0.343 e. The quantitative estimate of drug-likeness (QED) is 0.504. The Kier molecular flexibility index (Phi) is 18.5. The summed E-state index contributed by atoms with van der Waals surface area (Å²) in [6.07, 6.45) is 5.22. The van der Waals surface area contributed by atoms with Crippen molar-refractivity contribution in [3.05, 3.63) is 6.92 Å². The van der Waals surface area contributed by atoms with Gasteiger partial charge in [0.05, 0.1) is 0 Å². The van der Waals surface area contributed by atoms with Crippen LogP contribution in [0.1, 0.15) is 46.5 Å². The largest absolute Gasteiger partial charge is 0.343 e. The molecule has 12 heavy (non-hydrogen) atoms. The number of rotatable bonds is 5. The van der Waals surface area contributed by atoms with Gasteiger partial charge in [-0.1, -0.05) is 46.0 Å². The molecule has 0 aliphatic heterocycles. The number of hydrogen-bond acceptors (Lipinski definition) is 0. The summed E-state index contributed by atoms with van der Waals surface area (Å²) in [5.41, 5.74) is 0. The van der Waals surface area contributed by atoms with Gasteiger partial charge in [-0.3, -0.25) is 0 Å². The maximum Gasteiger partial charge on any atom is 0 e.